The van der Waals surface area contributed by atoms with Gasteiger partial charge in [-0.1, -0.05) is 47.1 Å². The van der Waals surface area contributed by atoms with E-state index < -0.39 is 95.6 Å². The Bertz CT molecular complexity index is 1800. The number of hydrogen-bond donors (Lipinski definition) is 9. The highest BCUT2D eigenvalue weighted by Gasteiger charge is 2.71. The van der Waals surface area contributed by atoms with Gasteiger partial charge < -0.3 is 49.2 Å². The maximum absolute atomic E-state index is 15.0. The van der Waals surface area contributed by atoms with Crippen LogP contribution < -0.4 is 22.5 Å². The largest absolute Gasteiger partial charge is 0.469 e. The summed E-state index contributed by atoms with van der Waals surface area (Å²) in [4.78, 5) is 53.3. The summed E-state index contributed by atoms with van der Waals surface area (Å²) < 4.78 is 29.5. The third kappa shape index (κ3) is 6.93. The highest BCUT2D eigenvalue weighted by atomic mass is 16.8. The van der Waals surface area contributed by atoms with E-state index in [9.17, 15) is 44.7 Å². The van der Waals surface area contributed by atoms with Crippen molar-refractivity contribution in [1.29, 1.82) is 0 Å². The van der Waals surface area contributed by atoms with Crippen molar-refractivity contribution in [3.05, 3.63) is 11.6 Å². The van der Waals surface area contributed by atoms with Crippen LogP contribution >= 0.6 is 0 Å². The molecule has 7 aliphatic rings. The number of fused-ring (bicyclic) bond motifs is 7. The summed E-state index contributed by atoms with van der Waals surface area (Å²) in [6.07, 6.45) is -10.2. The van der Waals surface area contributed by atoms with Crippen LogP contribution in [-0.4, -0.2) is 124 Å². The molecule has 0 aromatic carbocycles. The van der Waals surface area contributed by atoms with Crippen LogP contribution in [0.3, 0.4) is 0 Å². The zero-order valence-corrected chi connectivity index (χ0v) is 36.6. The van der Waals surface area contributed by atoms with E-state index in [1.807, 2.05) is 23.9 Å². The molecule has 18 heteroatoms. The van der Waals surface area contributed by atoms with Crippen LogP contribution in [0, 0.1) is 50.2 Å². The van der Waals surface area contributed by atoms with E-state index in [1.165, 1.54) is 12.7 Å². The van der Waals surface area contributed by atoms with Crippen LogP contribution in [0.1, 0.15) is 106 Å². The molecule has 344 valence electrons. The normalized spacial score (nSPS) is 50.4. The predicted octanol–water partition coefficient (Wildman–Crippen LogP) is 0.145. The standard InChI is InChI=1S/C43H68N4O14/c1-38(2)22-9-12-43(7)32(21(48)17-19-20-18-40(4,37(56)57-8)14-13-39(20,3)15-16-42(19,43)6)41(22,5)11-10-23(38)58-36-31(27(52)26(51)30(60-36)34(55)47-45)61-35-28(53)24(49)25(50)29(59-35)33(54)46-44/h17,20,22-32,35-36,49-53H,9-16,18,44-45H2,1-8H3,(H,46,54)(H,47,55)/t20-,22-,23-,24-,25+,26+,27-,28-,29-,30-,31-,32+,35-,36+,39+,40-,41-,42+,43+/m0/s1. The first kappa shape index (κ1) is 46.4. The molecule has 0 spiro atoms. The number of nitrogens with two attached hydrogens (primary N) is 2. The van der Waals surface area contributed by atoms with Crippen molar-refractivity contribution < 1.29 is 68.4 Å². The fourth-order valence-electron chi connectivity index (χ4n) is 13.8. The molecule has 0 radical (unpaired) electrons. The van der Waals surface area contributed by atoms with Gasteiger partial charge in [0.05, 0.1) is 18.6 Å². The van der Waals surface area contributed by atoms with Gasteiger partial charge in [0, 0.05) is 5.92 Å². The van der Waals surface area contributed by atoms with Crippen molar-refractivity contribution >= 4 is 23.6 Å². The summed E-state index contributed by atoms with van der Waals surface area (Å²) in [5, 5.41) is 54.4. The lowest BCUT2D eigenvalue weighted by Crippen LogP contribution is -2.68. The number of aliphatic hydroxyl groups excluding tert-OH is 5. The van der Waals surface area contributed by atoms with Crippen LogP contribution in [0.15, 0.2) is 11.6 Å². The Labute approximate surface area is 356 Å². The van der Waals surface area contributed by atoms with Gasteiger partial charge in [-0.3, -0.25) is 30.0 Å². The molecule has 2 aliphatic heterocycles. The number of nitrogens with one attached hydrogen (secondary N) is 2. The first-order chi connectivity index (χ1) is 28.4. The molecular formula is C43H68N4O14. The Morgan fingerprint density at radius 1 is 0.738 bits per heavy atom. The van der Waals surface area contributed by atoms with Gasteiger partial charge in [0.25, 0.3) is 11.8 Å². The number of allylic oxidation sites excluding steroid dienone is 2. The van der Waals surface area contributed by atoms with E-state index in [4.69, 9.17) is 35.4 Å². The molecular weight excluding hydrogens is 796 g/mol. The number of hydrazine groups is 2. The molecule has 7 rings (SSSR count). The molecule has 4 saturated carbocycles. The molecule has 5 aliphatic carbocycles. The number of rotatable bonds is 7. The molecule has 2 heterocycles. The molecule has 0 aromatic heterocycles. The minimum Gasteiger partial charge on any atom is -0.469 e. The summed E-state index contributed by atoms with van der Waals surface area (Å²) in [6.45, 7) is 15.3. The lowest BCUT2D eigenvalue weighted by molar-refractivity contribution is -0.369. The van der Waals surface area contributed by atoms with Gasteiger partial charge in [-0.25, -0.2) is 11.7 Å². The van der Waals surface area contributed by atoms with Gasteiger partial charge in [0.2, 0.25) is 0 Å². The number of methoxy groups -OCH3 is 1. The van der Waals surface area contributed by atoms with E-state index in [0.717, 1.165) is 38.5 Å². The summed E-state index contributed by atoms with van der Waals surface area (Å²) >= 11 is 0. The third-order valence-corrected chi connectivity index (χ3v) is 17.7. The second-order valence-corrected chi connectivity index (χ2v) is 21.2. The van der Waals surface area contributed by atoms with Gasteiger partial charge in [-0.15, -0.1) is 0 Å². The first-order valence-corrected chi connectivity index (χ1v) is 21.8. The summed E-state index contributed by atoms with van der Waals surface area (Å²) in [6, 6.07) is 0. The van der Waals surface area contributed by atoms with E-state index in [-0.39, 0.29) is 45.8 Å². The third-order valence-electron chi connectivity index (χ3n) is 17.7. The number of esters is 1. The smallest absolute Gasteiger partial charge is 0.311 e. The minimum absolute atomic E-state index is 0.0276. The second kappa shape index (κ2) is 15.8. The van der Waals surface area contributed by atoms with E-state index in [2.05, 4.69) is 41.5 Å². The number of amides is 2. The molecule has 6 fully saturated rings. The van der Waals surface area contributed by atoms with Gasteiger partial charge in [-0.2, -0.15) is 0 Å². The molecule has 19 atom stereocenters. The Kier molecular flexibility index (Phi) is 12.0. The zero-order valence-electron chi connectivity index (χ0n) is 36.6. The Balaban J connectivity index is 1.18. The maximum atomic E-state index is 15.0. The Morgan fingerprint density at radius 2 is 1.33 bits per heavy atom. The maximum Gasteiger partial charge on any atom is 0.311 e. The quantitative estimate of drug-likeness (QED) is 0.0541. The minimum atomic E-state index is -1.95. The Morgan fingerprint density at radius 3 is 1.93 bits per heavy atom. The fraction of sp³-hybridized carbons (Fsp3) is 0.860. The van der Waals surface area contributed by atoms with Gasteiger partial charge in [0.15, 0.2) is 30.6 Å². The second-order valence-electron chi connectivity index (χ2n) is 21.2. The van der Waals surface area contributed by atoms with Crippen molar-refractivity contribution in [3.63, 3.8) is 0 Å². The predicted molar refractivity (Wildman–Crippen MR) is 213 cm³/mol. The van der Waals surface area contributed by atoms with Crippen molar-refractivity contribution in [3.8, 4) is 0 Å². The van der Waals surface area contributed by atoms with Gasteiger partial charge >= 0.3 is 5.97 Å². The number of carbonyl (C=O) groups is 4. The van der Waals surface area contributed by atoms with Crippen molar-refractivity contribution in [2.45, 2.75) is 174 Å². The molecule has 61 heavy (non-hydrogen) atoms. The number of ketones is 1. The molecule has 0 aromatic rings. The van der Waals surface area contributed by atoms with Crippen LogP contribution in [0.25, 0.3) is 0 Å². The lowest BCUT2D eigenvalue weighted by atomic mass is 9.33. The van der Waals surface area contributed by atoms with Crippen molar-refractivity contribution in [2.75, 3.05) is 7.11 Å². The van der Waals surface area contributed by atoms with E-state index in [0.29, 0.717) is 19.3 Å². The van der Waals surface area contributed by atoms with E-state index >= 15 is 0 Å². The zero-order chi connectivity index (χ0) is 45.0. The monoisotopic (exact) mass is 864 g/mol. The van der Waals surface area contributed by atoms with Crippen LogP contribution in [-0.2, 0) is 42.9 Å². The average Bonchev–Trinajstić information content (AvgIpc) is 3.21. The summed E-state index contributed by atoms with van der Waals surface area (Å²) in [5.74, 6) is 8.27. The summed E-state index contributed by atoms with van der Waals surface area (Å²) in [7, 11) is 1.44. The molecule has 2 saturated heterocycles. The van der Waals surface area contributed by atoms with Gasteiger partial charge in [0.1, 0.15) is 36.6 Å². The highest BCUT2D eigenvalue weighted by molar-refractivity contribution is 5.95. The average molecular weight is 865 g/mol. The molecule has 0 bridgehead atoms. The Hall–Kier alpha value is -2.62. The number of carbonyl (C=O) groups excluding carboxylic acids is 4. The molecule has 11 N–H and O–H groups in total. The highest BCUT2D eigenvalue weighted by Crippen LogP contribution is 2.75. The lowest BCUT2D eigenvalue weighted by Gasteiger charge is -2.70. The van der Waals surface area contributed by atoms with Crippen molar-refractivity contribution in [1.82, 2.24) is 10.9 Å². The summed E-state index contributed by atoms with van der Waals surface area (Å²) in [5.41, 5.74) is 2.47. The van der Waals surface area contributed by atoms with Crippen LogP contribution in [0.2, 0.25) is 0 Å². The van der Waals surface area contributed by atoms with Crippen molar-refractivity contribution in [2.24, 2.45) is 61.9 Å². The SMILES string of the molecule is COC(=O)[C@@]1(C)CC[C@]2(C)CC[C@]3(C)C(=CC(=O)[C@@H]4[C@@]5(C)CC[C@H](O[C@@H]6O[C@H](C(=O)NN)[C@H](O)[C@H](O)[C@@H]6O[C@@H]6O[C@H](C(=O)NN)[C@H](O)[C@H](O)[C@@H]6O)C(C)(C)[C@@H]5CC[C@]43C)[C@@H]2C1. The fourth-order valence-corrected chi connectivity index (χ4v) is 13.8. The van der Waals surface area contributed by atoms with E-state index in [1.54, 1.807) is 0 Å². The molecule has 2 amide bonds. The number of hydrogen-bond acceptors (Lipinski definition) is 16. The first-order valence-electron chi connectivity index (χ1n) is 21.8. The molecule has 18 nitrogen and oxygen atoms in total. The van der Waals surface area contributed by atoms with Gasteiger partial charge in [-0.05, 0) is 110 Å². The van der Waals surface area contributed by atoms with Crippen LogP contribution in [0.4, 0.5) is 0 Å². The number of ether oxygens (including phenoxy) is 5. The molecule has 0 unspecified atom stereocenters. The topological polar surface area (TPSA) is 292 Å². The number of aliphatic hydroxyl groups is 5. The van der Waals surface area contributed by atoms with Crippen LogP contribution in [0.5, 0.6) is 0 Å².